The van der Waals surface area contributed by atoms with Crippen molar-refractivity contribution >= 4 is 17.9 Å². The Morgan fingerprint density at radius 2 is 0.886 bits per heavy atom. The number of esters is 3. The molecule has 0 aliphatic rings. The van der Waals surface area contributed by atoms with Gasteiger partial charge in [0.15, 0.2) is 5.60 Å². The van der Waals surface area contributed by atoms with Crippen molar-refractivity contribution in [2.75, 3.05) is 26.4 Å². The molecule has 0 aliphatic heterocycles. The molecule has 0 aromatic heterocycles. The third-order valence-electron chi connectivity index (χ3n) is 5.86. The number of carbonyl (C=O) groups excluding carboxylic acids is 3. The van der Waals surface area contributed by atoms with Gasteiger partial charge in [-0.25, -0.2) is 4.79 Å². The van der Waals surface area contributed by atoms with Gasteiger partial charge in [0.25, 0.3) is 0 Å². The van der Waals surface area contributed by atoms with Crippen molar-refractivity contribution in [1.29, 1.82) is 0 Å². The maximum absolute atomic E-state index is 13.3. The summed E-state index contributed by atoms with van der Waals surface area (Å²) < 4.78 is 22.3. The molecule has 1 unspecified atom stereocenters. The Hall–Kier alpha value is -1.63. The summed E-state index contributed by atoms with van der Waals surface area (Å²) in [5.41, 5.74) is -1.72. The van der Waals surface area contributed by atoms with Crippen molar-refractivity contribution in [3.05, 3.63) is 0 Å². The van der Waals surface area contributed by atoms with Gasteiger partial charge < -0.3 is 18.9 Å². The van der Waals surface area contributed by atoms with Gasteiger partial charge >= 0.3 is 17.9 Å². The molecular weight excluding hydrogens is 448 g/mol. The van der Waals surface area contributed by atoms with Gasteiger partial charge in [-0.1, -0.05) is 91.9 Å². The van der Waals surface area contributed by atoms with Crippen LogP contribution in [0.3, 0.4) is 0 Å². The van der Waals surface area contributed by atoms with Gasteiger partial charge in [0.2, 0.25) is 0 Å². The van der Waals surface area contributed by atoms with Gasteiger partial charge in [-0.05, 0) is 25.7 Å². The normalized spacial score (nSPS) is 12.7. The Labute approximate surface area is 214 Å². The lowest BCUT2D eigenvalue weighted by atomic mass is 9.94. The molecule has 7 nitrogen and oxygen atoms in total. The highest BCUT2D eigenvalue weighted by molar-refractivity contribution is 5.90. The van der Waals surface area contributed by atoms with E-state index >= 15 is 0 Å². The van der Waals surface area contributed by atoms with Crippen LogP contribution in [0.4, 0.5) is 0 Å². The van der Waals surface area contributed by atoms with Crippen LogP contribution in [0.25, 0.3) is 0 Å². The standard InChI is InChI=1S/C28H52O7/c1-5-9-13-16-20-33-26(30)24-28(35-22-18-15-11-7-3,23-25(29)32-19-12-8-4)27(31)34-21-17-14-10-6-2/h5-24H2,1-4H3. The van der Waals surface area contributed by atoms with Gasteiger partial charge in [-0.3, -0.25) is 9.59 Å². The van der Waals surface area contributed by atoms with Crippen LogP contribution in [0, 0.1) is 0 Å². The molecule has 1 atom stereocenters. The summed E-state index contributed by atoms with van der Waals surface area (Å²) in [6.45, 7) is 9.41. The molecule has 206 valence electrons. The molecule has 0 aromatic carbocycles. The lowest BCUT2D eigenvalue weighted by molar-refractivity contribution is -0.186. The van der Waals surface area contributed by atoms with E-state index in [1.54, 1.807) is 0 Å². The average molecular weight is 501 g/mol. The predicted octanol–water partition coefficient (Wildman–Crippen LogP) is 6.69. The fourth-order valence-corrected chi connectivity index (χ4v) is 3.60. The number of unbranched alkanes of at least 4 members (excludes halogenated alkanes) is 10. The highest BCUT2D eigenvalue weighted by Gasteiger charge is 2.46. The summed E-state index contributed by atoms with van der Waals surface area (Å²) in [6, 6.07) is 0. The SMILES string of the molecule is CCCCCCOC(=O)CC(CC(=O)OCCCC)(OCCCCCC)C(=O)OCCCCCC. The highest BCUT2D eigenvalue weighted by Crippen LogP contribution is 2.26. The third-order valence-corrected chi connectivity index (χ3v) is 5.86. The van der Waals surface area contributed by atoms with E-state index in [4.69, 9.17) is 18.9 Å². The first kappa shape index (κ1) is 33.4. The molecule has 0 aliphatic carbocycles. The van der Waals surface area contributed by atoms with E-state index in [-0.39, 0.29) is 32.7 Å². The summed E-state index contributed by atoms with van der Waals surface area (Å²) in [5, 5.41) is 0. The number of hydrogen-bond acceptors (Lipinski definition) is 7. The minimum atomic E-state index is -1.72. The number of hydrogen-bond donors (Lipinski definition) is 0. The topological polar surface area (TPSA) is 88.1 Å². The lowest BCUT2D eigenvalue weighted by Gasteiger charge is -2.30. The average Bonchev–Trinajstić information content (AvgIpc) is 2.83. The Balaban J connectivity index is 5.39. The Bertz CT molecular complexity index is 549. The molecule has 0 spiro atoms. The molecule has 0 rings (SSSR count). The van der Waals surface area contributed by atoms with E-state index < -0.39 is 23.5 Å². The smallest absolute Gasteiger partial charge is 0.339 e. The van der Waals surface area contributed by atoms with Crippen molar-refractivity contribution in [3.8, 4) is 0 Å². The van der Waals surface area contributed by atoms with E-state index in [2.05, 4.69) is 20.8 Å². The molecule has 0 fully saturated rings. The van der Waals surface area contributed by atoms with Crippen molar-refractivity contribution < 1.29 is 33.3 Å². The number of carbonyl (C=O) groups is 3. The molecular formula is C28H52O7. The van der Waals surface area contributed by atoms with Crippen LogP contribution in [0.1, 0.15) is 130 Å². The fraction of sp³-hybridized carbons (Fsp3) is 0.893. The summed E-state index contributed by atoms with van der Waals surface area (Å²) in [7, 11) is 0. The second-order valence-corrected chi connectivity index (χ2v) is 9.31. The molecule has 7 heteroatoms. The zero-order chi connectivity index (χ0) is 26.2. The predicted molar refractivity (Wildman–Crippen MR) is 138 cm³/mol. The van der Waals surface area contributed by atoms with Crippen LogP contribution in [0.2, 0.25) is 0 Å². The molecule has 0 radical (unpaired) electrons. The quantitative estimate of drug-likeness (QED) is 0.0828. The van der Waals surface area contributed by atoms with Crippen molar-refractivity contribution in [3.63, 3.8) is 0 Å². The summed E-state index contributed by atoms with van der Waals surface area (Å²) in [4.78, 5) is 38.6. The minimum Gasteiger partial charge on any atom is -0.466 e. The van der Waals surface area contributed by atoms with Crippen molar-refractivity contribution in [2.24, 2.45) is 0 Å². The Morgan fingerprint density at radius 1 is 0.486 bits per heavy atom. The van der Waals surface area contributed by atoms with Crippen molar-refractivity contribution in [1.82, 2.24) is 0 Å². The Morgan fingerprint density at radius 3 is 1.34 bits per heavy atom. The first-order valence-electron chi connectivity index (χ1n) is 14.1. The molecule has 0 heterocycles. The van der Waals surface area contributed by atoms with E-state index in [1.165, 1.54) is 0 Å². The molecule has 0 N–H and O–H groups in total. The second kappa shape index (κ2) is 22.8. The van der Waals surface area contributed by atoms with Crippen LogP contribution in [0.15, 0.2) is 0 Å². The van der Waals surface area contributed by atoms with Crippen LogP contribution < -0.4 is 0 Å². The Kier molecular flexibility index (Phi) is 21.7. The second-order valence-electron chi connectivity index (χ2n) is 9.31. The van der Waals surface area contributed by atoms with Gasteiger partial charge in [-0.2, -0.15) is 0 Å². The molecule has 0 aromatic rings. The molecule has 0 bridgehead atoms. The van der Waals surface area contributed by atoms with Gasteiger partial charge in [0.1, 0.15) is 0 Å². The van der Waals surface area contributed by atoms with E-state index in [1.807, 2.05) is 6.92 Å². The summed E-state index contributed by atoms with van der Waals surface area (Å²) >= 11 is 0. The van der Waals surface area contributed by atoms with Gasteiger partial charge in [0, 0.05) is 6.61 Å². The zero-order valence-corrected chi connectivity index (χ0v) is 23.0. The van der Waals surface area contributed by atoms with Gasteiger partial charge in [-0.15, -0.1) is 0 Å². The first-order chi connectivity index (χ1) is 17.0. The van der Waals surface area contributed by atoms with Crippen LogP contribution in [-0.4, -0.2) is 49.9 Å². The summed E-state index contributed by atoms with van der Waals surface area (Å²) in [6.07, 6.45) is 12.4. The molecule has 0 amide bonds. The highest BCUT2D eigenvalue weighted by atomic mass is 16.6. The van der Waals surface area contributed by atoms with E-state index in [9.17, 15) is 14.4 Å². The van der Waals surface area contributed by atoms with Crippen molar-refractivity contribution in [2.45, 2.75) is 136 Å². The monoisotopic (exact) mass is 500 g/mol. The molecule has 0 saturated heterocycles. The maximum atomic E-state index is 13.3. The fourth-order valence-electron chi connectivity index (χ4n) is 3.60. The number of ether oxygens (including phenoxy) is 4. The zero-order valence-electron chi connectivity index (χ0n) is 23.0. The minimum absolute atomic E-state index is 0.233. The van der Waals surface area contributed by atoms with Gasteiger partial charge in [0.05, 0.1) is 32.7 Å². The molecule has 0 saturated carbocycles. The number of rotatable bonds is 24. The lowest BCUT2D eigenvalue weighted by Crippen LogP contribution is -2.47. The van der Waals surface area contributed by atoms with E-state index in [0.717, 1.165) is 89.9 Å². The first-order valence-corrected chi connectivity index (χ1v) is 14.1. The summed E-state index contributed by atoms with van der Waals surface area (Å²) in [5.74, 6) is -1.80. The van der Waals surface area contributed by atoms with Crippen LogP contribution in [0.5, 0.6) is 0 Å². The largest absolute Gasteiger partial charge is 0.466 e. The molecule has 35 heavy (non-hydrogen) atoms. The third kappa shape index (κ3) is 17.4. The van der Waals surface area contributed by atoms with E-state index in [0.29, 0.717) is 6.61 Å². The van der Waals surface area contributed by atoms with Crippen LogP contribution >= 0.6 is 0 Å². The van der Waals surface area contributed by atoms with Crippen LogP contribution in [-0.2, 0) is 33.3 Å². The maximum Gasteiger partial charge on any atom is 0.339 e.